The number of hydrogen-bond donors (Lipinski definition) is 1. The normalized spacial score (nSPS) is 12.5. The van der Waals surface area contributed by atoms with Gasteiger partial charge in [0, 0.05) is 10.6 Å². The van der Waals surface area contributed by atoms with Gasteiger partial charge < -0.3 is 5.11 Å². The highest BCUT2D eigenvalue weighted by molar-refractivity contribution is 6.31. The number of aryl methyl sites for hydroxylation is 2. The summed E-state index contributed by atoms with van der Waals surface area (Å²) >= 11 is 6.00. The van der Waals surface area contributed by atoms with E-state index in [1.54, 1.807) is 19.1 Å². The largest absolute Gasteiger partial charge is 0.383 e. The molecule has 2 aromatic rings. The summed E-state index contributed by atoms with van der Waals surface area (Å²) in [5.41, 5.74) is 2.44. The molecule has 0 spiro atoms. The summed E-state index contributed by atoms with van der Waals surface area (Å²) in [7, 11) is 0. The zero-order chi connectivity index (χ0) is 14.0. The molecule has 100 valence electrons. The molecule has 0 amide bonds. The Bertz CT molecular complexity index is 578. The smallest absolute Gasteiger partial charge is 0.133 e. The minimum Gasteiger partial charge on any atom is -0.383 e. The number of rotatable bonds is 3. The number of halogens is 2. The third kappa shape index (κ3) is 2.80. The van der Waals surface area contributed by atoms with E-state index in [-0.39, 0.29) is 10.6 Å². The molecule has 0 saturated carbocycles. The minimum atomic E-state index is -1.04. The molecule has 0 aromatic heterocycles. The zero-order valence-electron chi connectivity index (χ0n) is 11.0. The van der Waals surface area contributed by atoms with Crippen LogP contribution in [0, 0.1) is 12.7 Å². The van der Waals surface area contributed by atoms with Crippen molar-refractivity contribution in [2.75, 3.05) is 0 Å². The fourth-order valence-corrected chi connectivity index (χ4v) is 2.28. The molecule has 0 aliphatic heterocycles. The first-order valence-corrected chi connectivity index (χ1v) is 6.63. The molecule has 19 heavy (non-hydrogen) atoms. The molecular formula is C16H16ClFO. The van der Waals surface area contributed by atoms with Crippen LogP contribution in [0.5, 0.6) is 0 Å². The molecule has 0 saturated heterocycles. The Kier molecular flexibility index (Phi) is 4.23. The Labute approximate surface area is 117 Å². The van der Waals surface area contributed by atoms with Gasteiger partial charge in [-0.05, 0) is 36.1 Å². The zero-order valence-corrected chi connectivity index (χ0v) is 11.7. The van der Waals surface area contributed by atoms with Crippen LogP contribution in [0.4, 0.5) is 4.39 Å². The number of hydrogen-bond acceptors (Lipinski definition) is 1. The van der Waals surface area contributed by atoms with Gasteiger partial charge >= 0.3 is 0 Å². The van der Waals surface area contributed by atoms with Gasteiger partial charge in [0.2, 0.25) is 0 Å². The van der Waals surface area contributed by atoms with E-state index in [4.69, 9.17) is 11.6 Å². The molecule has 0 aliphatic rings. The van der Waals surface area contributed by atoms with E-state index in [1.165, 1.54) is 5.56 Å². The topological polar surface area (TPSA) is 20.2 Å². The van der Waals surface area contributed by atoms with Crippen LogP contribution < -0.4 is 0 Å². The average Bonchev–Trinajstić information content (AvgIpc) is 2.43. The highest BCUT2D eigenvalue weighted by atomic mass is 35.5. The van der Waals surface area contributed by atoms with E-state index in [1.807, 2.05) is 24.3 Å². The first-order chi connectivity index (χ1) is 9.04. The van der Waals surface area contributed by atoms with Crippen molar-refractivity contribution < 1.29 is 9.50 Å². The van der Waals surface area contributed by atoms with Crippen molar-refractivity contribution in [3.8, 4) is 0 Å². The second-order valence-corrected chi connectivity index (χ2v) is 5.00. The lowest BCUT2D eigenvalue weighted by Gasteiger charge is -2.15. The summed E-state index contributed by atoms with van der Waals surface area (Å²) in [4.78, 5) is 0. The van der Waals surface area contributed by atoms with Gasteiger partial charge in [-0.3, -0.25) is 0 Å². The molecule has 0 radical (unpaired) electrons. The molecule has 0 bridgehead atoms. The first-order valence-electron chi connectivity index (χ1n) is 6.26. The van der Waals surface area contributed by atoms with E-state index in [2.05, 4.69) is 6.92 Å². The van der Waals surface area contributed by atoms with Crippen LogP contribution in [0.3, 0.4) is 0 Å². The van der Waals surface area contributed by atoms with Gasteiger partial charge in [0.05, 0.1) is 0 Å². The number of benzene rings is 2. The minimum absolute atomic E-state index is 0.144. The fraction of sp³-hybridized carbons (Fsp3) is 0.250. The van der Waals surface area contributed by atoms with E-state index in [0.29, 0.717) is 11.1 Å². The molecule has 1 atom stereocenters. The monoisotopic (exact) mass is 278 g/mol. The van der Waals surface area contributed by atoms with Crippen molar-refractivity contribution in [2.45, 2.75) is 26.4 Å². The highest BCUT2D eigenvalue weighted by Crippen LogP contribution is 2.32. The first kappa shape index (κ1) is 14.0. The summed E-state index contributed by atoms with van der Waals surface area (Å²) in [5, 5.41) is 10.6. The highest BCUT2D eigenvalue weighted by Gasteiger charge is 2.19. The quantitative estimate of drug-likeness (QED) is 0.880. The maximum absolute atomic E-state index is 14.1. The van der Waals surface area contributed by atoms with Gasteiger partial charge in [0.1, 0.15) is 11.9 Å². The predicted molar refractivity (Wildman–Crippen MR) is 76.0 cm³/mol. The average molecular weight is 279 g/mol. The summed E-state index contributed by atoms with van der Waals surface area (Å²) in [6.45, 7) is 3.71. The maximum Gasteiger partial charge on any atom is 0.133 e. The second kappa shape index (κ2) is 5.72. The molecule has 0 aliphatic carbocycles. The van der Waals surface area contributed by atoms with Crippen LogP contribution in [0.2, 0.25) is 5.02 Å². The Morgan fingerprint density at radius 3 is 2.37 bits per heavy atom. The van der Waals surface area contributed by atoms with Crippen LogP contribution in [-0.2, 0) is 6.42 Å². The van der Waals surface area contributed by atoms with Crippen LogP contribution in [0.25, 0.3) is 0 Å². The SMILES string of the molecule is CCc1ccc(C(O)c2c(Cl)ccc(C)c2F)cc1. The summed E-state index contributed by atoms with van der Waals surface area (Å²) < 4.78 is 14.1. The lowest BCUT2D eigenvalue weighted by Crippen LogP contribution is -2.05. The van der Waals surface area contributed by atoms with Gasteiger partial charge in [0.15, 0.2) is 0 Å². The second-order valence-electron chi connectivity index (χ2n) is 4.59. The van der Waals surface area contributed by atoms with Gasteiger partial charge in [-0.1, -0.05) is 48.9 Å². The third-order valence-corrected chi connectivity index (χ3v) is 3.63. The van der Waals surface area contributed by atoms with Crippen molar-refractivity contribution in [1.82, 2.24) is 0 Å². The van der Waals surface area contributed by atoms with E-state index in [9.17, 15) is 9.50 Å². The lowest BCUT2D eigenvalue weighted by atomic mass is 9.98. The van der Waals surface area contributed by atoms with Gasteiger partial charge in [0.25, 0.3) is 0 Å². The van der Waals surface area contributed by atoms with Crippen LogP contribution >= 0.6 is 11.6 Å². The molecule has 0 fully saturated rings. The molecule has 2 aromatic carbocycles. The molecule has 2 rings (SSSR count). The Morgan fingerprint density at radius 2 is 1.79 bits per heavy atom. The summed E-state index contributed by atoms with van der Waals surface area (Å²) in [6, 6.07) is 10.7. The Hall–Kier alpha value is -1.38. The van der Waals surface area contributed by atoms with Crippen molar-refractivity contribution in [1.29, 1.82) is 0 Å². The standard InChI is InChI=1S/C16H16ClFO/c1-3-11-5-7-12(8-6-11)16(19)14-13(17)9-4-10(2)15(14)18/h4-9,16,19H,3H2,1-2H3. The van der Waals surface area contributed by atoms with Gasteiger partial charge in [-0.2, -0.15) is 0 Å². The molecule has 1 nitrogen and oxygen atoms in total. The molecular weight excluding hydrogens is 263 g/mol. The third-order valence-electron chi connectivity index (χ3n) is 3.30. The lowest BCUT2D eigenvalue weighted by molar-refractivity contribution is 0.215. The van der Waals surface area contributed by atoms with Crippen molar-refractivity contribution in [3.05, 3.63) is 69.5 Å². The van der Waals surface area contributed by atoms with Crippen LogP contribution in [-0.4, -0.2) is 5.11 Å². The Morgan fingerprint density at radius 1 is 1.16 bits per heavy atom. The summed E-state index contributed by atoms with van der Waals surface area (Å²) in [6.07, 6.45) is -0.117. The van der Waals surface area contributed by atoms with Crippen LogP contribution in [0.15, 0.2) is 36.4 Å². The van der Waals surface area contributed by atoms with Crippen LogP contribution in [0.1, 0.15) is 35.3 Å². The molecule has 3 heteroatoms. The molecule has 1 unspecified atom stereocenters. The maximum atomic E-state index is 14.1. The summed E-state index contributed by atoms with van der Waals surface area (Å²) in [5.74, 6) is -0.445. The van der Waals surface area contributed by atoms with Crippen molar-refractivity contribution in [2.24, 2.45) is 0 Å². The van der Waals surface area contributed by atoms with E-state index >= 15 is 0 Å². The number of aliphatic hydroxyl groups excluding tert-OH is 1. The molecule has 1 N–H and O–H groups in total. The molecule has 0 heterocycles. The van der Waals surface area contributed by atoms with Crippen molar-refractivity contribution >= 4 is 11.6 Å². The fourth-order valence-electron chi connectivity index (χ4n) is 2.03. The number of aliphatic hydroxyl groups is 1. The predicted octanol–water partition coefficient (Wildman–Crippen LogP) is 4.43. The van der Waals surface area contributed by atoms with E-state index in [0.717, 1.165) is 6.42 Å². The van der Waals surface area contributed by atoms with Crippen molar-refractivity contribution in [3.63, 3.8) is 0 Å². The Balaban J connectivity index is 2.43. The van der Waals surface area contributed by atoms with Gasteiger partial charge in [-0.15, -0.1) is 0 Å². The van der Waals surface area contributed by atoms with E-state index < -0.39 is 11.9 Å². The van der Waals surface area contributed by atoms with Gasteiger partial charge in [-0.25, -0.2) is 4.39 Å².